The van der Waals surface area contributed by atoms with Crippen LogP contribution in [0.1, 0.15) is 12.8 Å². The summed E-state index contributed by atoms with van der Waals surface area (Å²) in [5, 5.41) is 9.37. The van der Waals surface area contributed by atoms with Crippen molar-refractivity contribution in [3.8, 4) is 11.5 Å². The number of aliphatic hydroxyl groups excluding tert-OH is 1. The molecular weight excluding hydrogens is 419 g/mol. The maximum absolute atomic E-state index is 12.8. The first-order valence-corrected chi connectivity index (χ1v) is 10.4. The van der Waals surface area contributed by atoms with Crippen LogP contribution >= 0.6 is 34.8 Å². The van der Waals surface area contributed by atoms with Crippen molar-refractivity contribution in [2.24, 2.45) is 0 Å². The minimum absolute atomic E-state index is 0.0786. The molecule has 0 fully saturated rings. The Morgan fingerprint density at radius 2 is 1.54 bits per heavy atom. The molecule has 1 N–H and O–H groups in total. The predicted molar refractivity (Wildman–Crippen MR) is 106 cm³/mol. The van der Waals surface area contributed by atoms with Crippen LogP contribution < -0.4 is 9.47 Å². The average molecular weight is 438 g/mol. The SMILES string of the molecule is [O-][S+](c1ccc(OCCCO)cc1)c1cc(Cl)c(OCCCCl)c(Cl)c1. The normalized spacial score (nSPS) is 12.0. The van der Waals surface area contributed by atoms with Gasteiger partial charge in [0.25, 0.3) is 0 Å². The van der Waals surface area contributed by atoms with Gasteiger partial charge in [0.05, 0.1) is 23.3 Å². The fourth-order valence-electron chi connectivity index (χ4n) is 2.06. The maximum Gasteiger partial charge on any atom is 0.161 e. The molecule has 0 aromatic heterocycles. The number of aliphatic hydroxyl groups is 1. The zero-order chi connectivity index (χ0) is 18.9. The summed E-state index contributed by atoms with van der Waals surface area (Å²) in [5.74, 6) is 1.50. The van der Waals surface area contributed by atoms with Gasteiger partial charge in [0, 0.05) is 42.2 Å². The van der Waals surface area contributed by atoms with Crippen LogP contribution in [-0.4, -0.2) is 35.4 Å². The molecule has 4 nitrogen and oxygen atoms in total. The van der Waals surface area contributed by atoms with Crippen molar-refractivity contribution in [3.05, 3.63) is 46.4 Å². The minimum atomic E-state index is -1.44. The summed E-state index contributed by atoms with van der Waals surface area (Å²) >= 11 is 16.6. The Kier molecular flexibility index (Phi) is 9.19. The number of hydrogen-bond acceptors (Lipinski definition) is 4. The van der Waals surface area contributed by atoms with Crippen LogP contribution in [0.25, 0.3) is 0 Å². The van der Waals surface area contributed by atoms with Gasteiger partial charge in [-0.25, -0.2) is 0 Å². The van der Waals surface area contributed by atoms with Gasteiger partial charge < -0.3 is 19.1 Å². The largest absolute Gasteiger partial charge is 0.606 e. The third kappa shape index (κ3) is 6.12. The van der Waals surface area contributed by atoms with Crippen molar-refractivity contribution < 1.29 is 19.1 Å². The molecule has 1 unspecified atom stereocenters. The van der Waals surface area contributed by atoms with Gasteiger partial charge >= 0.3 is 0 Å². The van der Waals surface area contributed by atoms with Crippen molar-refractivity contribution in [2.75, 3.05) is 25.7 Å². The first-order valence-electron chi connectivity index (χ1n) is 8.00. The van der Waals surface area contributed by atoms with Crippen molar-refractivity contribution in [1.82, 2.24) is 0 Å². The summed E-state index contributed by atoms with van der Waals surface area (Å²) in [4.78, 5) is 1.08. The van der Waals surface area contributed by atoms with Gasteiger partial charge in [0.15, 0.2) is 15.5 Å². The van der Waals surface area contributed by atoms with E-state index < -0.39 is 11.2 Å². The van der Waals surface area contributed by atoms with E-state index in [1.165, 1.54) is 0 Å². The summed E-state index contributed by atoms with van der Waals surface area (Å²) in [6, 6.07) is 10.1. The highest BCUT2D eigenvalue weighted by molar-refractivity contribution is 7.91. The van der Waals surface area contributed by atoms with Crippen molar-refractivity contribution in [2.45, 2.75) is 22.6 Å². The van der Waals surface area contributed by atoms with Crippen molar-refractivity contribution in [3.63, 3.8) is 0 Å². The van der Waals surface area contributed by atoms with E-state index in [9.17, 15) is 4.55 Å². The number of ether oxygens (including phenoxy) is 2. The van der Waals surface area contributed by atoms with Crippen LogP contribution in [-0.2, 0) is 11.2 Å². The van der Waals surface area contributed by atoms with Crippen LogP contribution in [0, 0.1) is 0 Å². The summed E-state index contributed by atoms with van der Waals surface area (Å²) < 4.78 is 23.7. The van der Waals surface area contributed by atoms with Gasteiger partial charge in [-0.15, -0.1) is 11.6 Å². The topological polar surface area (TPSA) is 61.8 Å². The van der Waals surface area contributed by atoms with Gasteiger partial charge in [-0.2, -0.15) is 0 Å². The Labute approximate surface area is 171 Å². The van der Waals surface area contributed by atoms with Gasteiger partial charge in [-0.1, -0.05) is 23.2 Å². The van der Waals surface area contributed by atoms with E-state index in [1.54, 1.807) is 36.4 Å². The summed E-state index contributed by atoms with van der Waals surface area (Å²) in [5.41, 5.74) is 0. The fraction of sp³-hybridized carbons (Fsp3) is 0.333. The number of alkyl halides is 1. The fourth-order valence-corrected chi connectivity index (χ4v) is 4.00. The summed E-state index contributed by atoms with van der Waals surface area (Å²) in [6.45, 7) is 0.910. The molecule has 0 spiro atoms. The molecule has 26 heavy (non-hydrogen) atoms. The van der Waals surface area contributed by atoms with Gasteiger partial charge in [0.2, 0.25) is 0 Å². The third-order valence-corrected chi connectivity index (χ3v) is 5.51. The summed E-state index contributed by atoms with van der Waals surface area (Å²) in [7, 11) is 0. The molecule has 0 aliphatic rings. The molecular formula is C18H19Cl3O4S. The zero-order valence-electron chi connectivity index (χ0n) is 13.9. The number of hydrogen-bond donors (Lipinski definition) is 1. The Bertz CT molecular complexity index is 674. The van der Waals surface area contributed by atoms with Gasteiger partial charge in [0.1, 0.15) is 5.75 Å². The molecule has 0 radical (unpaired) electrons. The van der Waals surface area contributed by atoms with Gasteiger partial charge in [-0.05, 0) is 30.7 Å². The monoisotopic (exact) mass is 436 g/mol. The van der Waals surface area contributed by atoms with E-state index >= 15 is 0 Å². The lowest BCUT2D eigenvalue weighted by atomic mass is 10.3. The van der Waals surface area contributed by atoms with Crippen molar-refractivity contribution in [1.29, 1.82) is 0 Å². The smallest absolute Gasteiger partial charge is 0.161 e. The van der Waals surface area contributed by atoms with Gasteiger partial charge in [-0.3, -0.25) is 0 Å². The molecule has 2 aromatic carbocycles. The van der Waals surface area contributed by atoms with E-state index in [-0.39, 0.29) is 6.61 Å². The molecule has 0 saturated carbocycles. The third-order valence-electron chi connectivity index (χ3n) is 3.32. The first-order chi connectivity index (χ1) is 12.6. The van der Waals surface area contributed by atoms with E-state index in [1.807, 2.05) is 0 Å². The lowest BCUT2D eigenvalue weighted by molar-refractivity contribution is 0.233. The Balaban J connectivity index is 2.10. The molecule has 2 aromatic rings. The second-order valence-corrected chi connectivity index (χ2v) is 7.95. The Hall–Kier alpha value is -0.820. The number of benzene rings is 2. The van der Waals surface area contributed by atoms with Crippen LogP contribution in [0.2, 0.25) is 10.0 Å². The molecule has 142 valence electrons. The van der Waals surface area contributed by atoms with E-state index in [0.29, 0.717) is 63.3 Å². The standard InChI is InChI=1S/C18H19Cl3O4S/c19-7-1-9-25-18-16(20)11-15(12-17(18)21)26(23)14-5-3-13(4-6-14)24-10-2-8-22/h3-6,11-12,22H,1-2,7-10H2. The van der Waals surface area contributed by atoms with Crippen LogP contribution in [0.3, 0.4) is 0 Å². The van der Waals surface area contributed by atoms with Crippen LogP contribution in [0.15, 0.2) is 46.2 Å². The lowest BCUT2D eigenvalue weighted by Gasteiger charge is -2.14. The quantitative estimate of drug-likeness (QED) is 0.325. The molecule has 1 atom stereocenters. The second-order valence-electron chi connectivity index (χ2n) is 5.27. The summed E-state index contributed by atoms with van der Waals surface area (Å²) in [6.07, 6.45) is 1.23. The maximum atomic E-state index is 12.8. The molecule has 0 aliphatic heterocycles. The zero-order valence-corrected chi connectivity index (χ0v) is 17.0. The number of rotatable bonds is 10. The van der Waals surface area contributed by atoms with E-state index in [2.05, 4.69) is 0 Å². The molecule has 0 saturated heterocycles. The van der Waals surface area contributed by atoms with Crippen LogP contribution in [0.5, 0.6) is 11.5 Å². The molecule has 0 aliphatic carbocycles. The highest BCUT2D eigenvalue weighted by atomic mass is 35.5. The average Bonchev–Trinajstić information content (AvgIpc) is 2.64. The predicted octanol–water partition coefficient (Wildman–Crippen LogP) is 4.93. The van der Waals surface area contributed by atoms with Crippen LogP contribution in [0.4, 0.5) is 0 Å². The molecule has 2 rings (SSSR count). The second kappa shape index (κ2) is 11.1. The number of halogens is 3. The molecule has 0 amide bonds. The molecule has 8 heteroatoms. The van der Waals surface area contributed by atoms with Crippen molar-refractivity contribution >= 4 is 46.0 Å². The van der Waals surface area contributed by atoms with E-state index in [0.717, 1.165) is 0 Å². The first kappa shape index (κ1) is 21.5. The lowest BCUT2D eigenvalue weighted by Crippen LogP contribution is -2.05. The Morgan fingerprint density at radius 1 is 0.923 bits per heavy atom. The minimum Gasteiger partial charge on any atom is -0.606 e. The molecule has 0 bridgehead atoms. The highest BCUT2D eigenvalue weighted by Gasteiger charge is 2.20. The van der Waals surface area contributed by atoms with E-state index in [4.69, 9.17) is 49.4 Å². The Morgan fingerprint density at radius 3 is 2.12 bits per heavy atom. The molecule has 0 heterocycles. The highest BCUT2D eigenvalue weighted by Crippen LogP contribution is 2.37.